The van der Waals surface area contributed by atoms with E-state index in [2.05, 4.69) is 26.0 Å². The number of thiophene rings is 1. The van der Waals surface area contributed by atoms with Gasteiger partial charge in [0.05, 0.1) is 0 Å². The Balaban J connectivity index is 2.07. The molecule has 1 heteroatoms. The third kappa shape index (κ3) is 2.20. The first-order valence-corrected chi connectivity index (χ1v) is 6.68. The van der Waals surface area contributed by atoms with Crippen LogP contribution in [0.15, 0.2) is 12.1 Å². The van der Waals surface area contributed by atoms with Crippen molar-refractivity contribution in [3.05, 3.63) is 21.9 Å². The van der Waals surface area contributed by atoms with Crippen LogP contribution in [0.4, 0.5) is 0 Å². The van der Waals surface area contributed by atoms with E-state index >= 15 is 0 Å². The van der Waals surface area contributed by atoms with Crippen LogP contribution in [-0.2, 0) is 0 Å². The van der Waals surface area contributed by atoms with E-state index in [1.54, 1.807) is 9.75 Å². The first-order valence-electron chi connectivity index (χ1n) is 5.87. The molecule has 0 aromatic carbocycles. The molecule has 0 bridgehead atoms. The van der Waals surface area contributed by atoms with Gasteiger partial charge in [0, 0.05) is 9.75 Å². The van der Waals surface area contributed by atoms with Crippen molar-refractivity contribution in [1.29, 1.82) is 0 Å². The third-order valence-electron chi connectivity index (χ3n) is 3.22. The Morgan fingerprint density at radius 1 is 1.14 bits per heavy atom. The van der Waals surface area contributed by atoms with Gasteiger partial charge in [0.2, 0.25) is 0 Å². The summed E-state index contributed by atoms with van der Waals surface area (Å²) in [6, 6.07) is 4.70. The highest BCUT2D eigenvalue weighted by Gasteiger charge is 2.17. The summed E-state index contributed by atoms with van der Waals surface area (Å²) in [4.78, 5) is 3.21. The van der Waals surface area contributed by atoms with E-state index in [4.69, 9.17) is 0 Å². The summed E-state index contributed by atoms with van der Waals surface area (Å²) >= 11 is 2.05. The number of hydrogen-bond acceptors (Lipinski definition) is 1. The number of hydrogen-bond donors (Lipinski definition) is 0. The van der Waals surface area contributed by atoms with Crippen LogP contribution in [-0.4, -0.2) is 0 Å². The first kappa shape index (κ1) is 10.2. The normalized spacial score (nSPS) is 19.1. The SMILES string of the molecule is CC(C)c1ccc(C2CCCCC2)s1. The lowest BCUT2D eigenvalue weighted by atomic mass is 9.88. The van der Waals surface area contributed by atoms with Gasteiger partial charge in [-0.05, 0) is 36.8 Å². The lowest BCUT2D eigenvalue weighted by molar-refractivity contribution is 0.448. The Morgan fingerprint density at radius 3 is 2.43 bits per heavy atom. The zero-order chi connectivity index (χ0) is 9.97. The fraction of sp³-hybridized carbons (Fsp3) is 0.692. The van der Waals surface area contributed by atoms with E-state index in [9.17, 15) is 0 Å². The van der Waals surface area contributed by atoms with Gasteiger partial charge in [-0.3, -0.25) is 0 Å². The van der Waals surface area contributed by atoms with Gasteiger partial charge < -0.3 is 0 Å². The van der Waals surface area contributed by atoms with Crippen LogP contribution in [0.5, 0.6) is 0 Å². The summed E-state index contributed by atoms with van der Waals surface area (Å²) < 4.78 is 0. The second kappa shape index (κ2) is 4.48. The van der Waals surface area contributed by atoms with Crippen molar-refractivity contribution in [3.63, 3.8) is 0 Å². The van der Waals surface area contributed by atoms with Crippen LogP contribution in [0, 0.1) is 0 Å². The topological polar surface area (TPSA) is 0 Å². The van der Waals surface area contributed by atoms with Gasteiger partial charge in [-0.25, -0.2) is 0 Å². The Kier molecular flexibility index (Phi) is 3.27. The van der Waals surface area contributed by atoms with E-state index in [0.717, 1.165) is 5.92 Å². The second-order valence-corrected chi connectivity index (χ2v) is 5.88. The second-order valence-electron chi connectivity index (χ2n) is 4.73. The van der Waals surface area contributed by atoms with Crippen LogP contribution >= 0.6 is 11.3 Å². The van der Waals surface area contributed by atoms with Gasteiger partial charge in [-0.2, -0.15) is 0 Å². The standard InChI is InChI=1S/C13H20S/c1-10(2)12-8-9-13(14-12)11-6-4-3-5-7-11/h8-11H,3-7H2,1-2H3. The minimum atomic E-state index is 0.706. The zero-order valence-corrected chi connectivity index (χ0v) is 10.1. The van der Waals surface area contributed by atoms with Crippen LogP contribution in [0.3, 0.4) is 0 Å². The smallest absolute Gasteiger partial charge is 0.00792 e. The molecule has 1 aromatic heterocycles. The molecule has 1 fully saturated rings. The molecular formula is C13H20S. The molecular weight excluding hydrogens is 188 g/mol. The molecule has 78 valence electrons. The summed E-state index contributed by atoms with van der Waals surface area (Å²) in [5, 5.41) is 0. The van der Waals surface area contributed by atoms with E-state index in [0.29, 0.717) is 5.92 Å². The fourth-order valence-corrected chi connectivity index (χ4v) is 3.47. The molecule has 0 saturated heterocycles. The zero-order valence-electron chi connectivity index (χ0n) is 9.25. The first-order chi connectivity index (χ1) is 6.77. The van der Waals surface area contributed by atoms with Crippen LogP contribution < -0.4 is 0 Å². The van der Waals surface area contributed by atoms with E-state index in [1.165, 1.54) is 32.1 Å². The quantitative estimate of drug-likeness (QED) is 0.647. The summed E-state index contributed by atoms with van der Waals surface area (Å²) in [5.41, 5.74) is 0. The van der Waals surface area contributed by atoms with Crippen molar-refractivity contribution in [2.75, 3.05) is 0 Å². The van der Waals surface area contributed by atoms with E-state index < -0.39 is 0 Å². The molecule has 0 aliphatic heterocycles. The van der Waals surface area contributed by atoms with Crippen LogP contribution in [0.1, 0.15) is 67.5 Å². The van der Waals surface area contributed by atoms with Crippen molar-refractivity contribution in [1.82, 2.24) is 0 Å². The summed E-state index contributed by atoms with van der Waals surface area (Å²) in [6.07, 6.45) is 7.20. The summed E-state index contributed by atoms with van der Waals surface area (Å²) in [6.45, 7) is 4.58. The van der Waals surface area contributed by atoms with Crippen molar-refractivity contribution in [2.24, 2.45) is 0 Å². The Labute approximate surface area is 91.4 Å². The fourth-order valence-electron chi connectivity index (χ4n) is 2.29. The van der Waals surface area contributed by atoms with Crippen molar-refractivity contribution >= 4 is 11.3 Å². The molecule has 2 rings (SSSR count). The summed E-state index contributed by atoms with van der Waals surface area (Å²) in [5.74, 6) is 1.60. The number of rotatable bonds is 2. The maximum absolute atomic E-state index is 2.37. The minimum Gasteiger partial charge on any atom is -0.145 e. The van der Waals surface area contributed by atoms with Gasteiger partial charge in [-0.1, -0.05) is 33.1 Å². The monoisotopic (exact) mass is 208 g/mol. The molecule has 0 spiro atoms. The van der Waals surface area contributed by atoms with Crippen molar-refractivity contribution in [3.8, 4) is 0 Å². The van der Waals surface area contributed by atoms with Crippen molar-refractivity contribution in [2.45, 2.75) is 57.8 Å². The molecule has 0 radical (unpaired) electrons. The molecule has 1 aliphatic carbocycles. The molecule has 1 saturated carbocycles. The third-order valence-corrected chi connectivity index (χ3v) is 4.77. The maximum Gasteiger partial charge on any atom is 0.00792 e. The molecule has 1 heterocycles. The van der Waals surface area contributed by atoms with Crippen molar-refractivity contribution < 1.29 is 0 Å². The Morgan fingerprint density at radius 2 is 1.86 bits per heavy atom. The molecule has 1 aliphatic rings. The Hall–Kier alpha value is -0.300. The molecule has 14 heavy (non-hydrogen) atoms. The predicted octanol–water partition coefficient (Wildman–Crippen LogP) is 4.92. The molecule has 0 nitrogen and oxygen atoms in total. The van der Waals surface area contributed by atoms with Gasteiger partial charge >= 0.3 is 0 Å². The molecule has 1 aromatic rings. The molecule has 0 unspecified atom stereocenters. The van der Waals surface area contributed by atoms with Gasteiger partial charge in [-0.15, -0.1) is 11.3 Å². The predicted molar refractivity (Wildman–Crippen MR) is 64.2 cm³/mol. The molecule has 0 atom stereocenters. The average Bonchev–Trinajstić information content (AvgIpc) is 2.68. The van der Waals surface area contributed by atoms with Gasteiger partial charge in [0.1, 0.15) is 0 Å². The minimum absolute atomic E-state index is 0.706. The largest absolute Gasteiger partial charge is 0.145 e. The van der Waals surface area contributed by atoms with Crippen LogP contribution in [0.25, 0.3) is 0 Å². The molecule has 0 N–H and O–H groups in total. The highest BCUT2D eigenvalue weighted by atomic mass is 32.1. The lowest BCUT2D eigenvalue weighted by Crippen LogP contribution is -2.02. The highest BCUT2D eigenvalue weighted by Crippen LogP contribution is 2.37. The lowest BCUT2D eigenvalue weighted by Gasteiger charge is -2.20. The van der Waals surface area contributed by atoms with E-state index in [-0.39, 0.29) is 0 Å². The van der Waals surface area contributed by atoms with Gasteiger partial charge in [0.25, 0.3) is 0 Å². The van der Waals surface area contributed by atoms with Crippen LogP contribution in [0.2, 0.25) is 0 Å². The summed E-state index contributed by atoms with van der Waals surface area (Å²) in [7, 11) is 0. The highest BCUT2D eigenvalue weighted by molar-refractivity contribution is 7.12. The van der Waals surface area contributed by atoms with E-state index in [1.807, 2.05) is 11.3 Å². The van der Waals surface area contributed by atoms with Gasteiger partial charge in [0.15, 0.2) is 0 Å². The maximum atomic E-state index is 2.37. The Bertz CT molecular complexity index is 279. The average molecular weight is 208 g/mol. The molecule has 0 amide bonds.